The number of nitrogens with zero attached hydrogens (tertiary/aromatic N) is 2. The second-order valence-electron chi connectivity index (χ2n) is 7.14. The van der Waals surface area contributed by atoms with E-state index in [2.05, 4.69) is 0 Å². The highest BCUT2D eigenvalue weighted by atomic mass is 32.2. The number of amides is 2. The average molecular weight is 362 g/mol. The first kappa shape index (κ1) is 20.4. The summed E-state index contributed by atoms with van der Waals surface area (Å²) < 4.78 is 23.1. The first-order chi connectivity index (χ1) is 10.8. The Labute approximate surface area is 142 Å². The molecule has 1 N–H and O–H groups in total. The standard InChI is InChI=1S/C15H26N2O6S/c1-15(2,3)24(22,23)10-13(19)16(4)9-12(18)17-7-5-6-11(8-17)14(20)21/h11H,5-10H2,1-4H3,(H,20,21). The number of hydrogen-bond acceptors (Lipinski definition) is 5. The number of sulfone groups is 1. The van der Waals surface area contributed by atoms with Crippen molar-refractivity contribution < 1.29 is 27.9 Å². The smallest absolute Gasteiger partial charge is 0.308 e. The van der Waals surface area contributed by atoms with E-state index in [4.69, 9.17) is 5.11 Å². The molecule has 0 saturated carbocycles. The van der Waals surface area contributed by atoms with Crippen molar-refractivity contribution in [2.24, 2.45) is 5.92 Å². The number of carboxylic acid groups (broad SMARTS) is 1. The molecule has 0 aromatic heterocycles. The maximum atomic E-state index is 12.2. The molecule has 138 valence electrons. The van der Waals surface area contributed by atoms with Gasteiger partial charge in [-0.1, -0.05) is 0 Å². The molecule has 8 nitrogen and oxygen atoms in total. The molecule has 1 aliphatic rings. The molecule has 1 unspecified atom stereocenters. The Morgan fingerprint density at radius 2 is 1.83 bits per heavy atom. The number of likely N-dealkylation sites (tertiary alicyclic amines) is 1. The fraction of sp³-hybridized carbons (Fsp3) is 0.800. The van der Waals surface area contributed by atoms with E-state index in [1.54, 1.807) is 0 Å². The molecule has 1 atom stereocenters. The van der Waals surface area contributed by atoms with Crippen molar-refractivity contribution in [1.82, 2.24) is 9.80 Å². The molecule has 2 amide bonds. The molecule has 24 heavy (non-hydrogen) atoms. The van der Waals surface area contributed by atoms with Crippen LogP contribution in [0.4, 0.5) is 0 Å². The predicted molar refractivity (Wildman–Crippen MR) is 88.1 cm³/mol. The van der Waals surface area contributed by atoms with Gasteiger partial charge >= 0.3 is 5.97 Å². The summed E-state index contributed by atoms with van der Waals surface area (Å²) in [7, 11) is -2.24. The van der Waals surface area contributed by atoms with Gasteiger partial charge in [0.25, 0.3) is 0 Å². The highest BCUT2D eigenvalue weighted by molar-refractivity contribution is 7.93. The van der Waals surface area contributed by atoms with E-state index in [0.717, 1.165) is 4.90 Å². The molecule has 9 heteroatoms. The molecular formula is C15H26N2O6S. The zero-order valence-corrected chi connectivity index (χ0v) is 15.4. The van der Waals surface area contributed by atoms with Gasteiger partial charge in [-0.2, -0.15) is 0 Å². The molecule has 1 aliphatic heterocycles. The van der Waals surface area contributed by atoms with Crippen LogP contribution in [-0.2, 0) is 24.2 Å². The summed E-state index contributed by atoms with van der Waals surface area (Å²) in [6.07, 6.45) is 1.12. The minimum absolute atomic E-state index is 0.122. The van der Waals surface area contributed by atoms with Crippen molar-refractivity contribution in [3.05, 3.63) is 0 Å². The summed E-state index contributed by atoms with van der Waals surface area (Å²) in [4.78, 5) is 37.8. The van der Waals surface area contributed by atoms with E-state index >= 15 is 0 Å². The van der Waals surface area contributed by atoms with Crippen molar-refractivity contribution in [3.8, 4) is 0 Å². The molecule has 0 aliphatic carbocycles. The van der Waals surface area contributed by atoms with Crippen LogP contribution < -0.4 is 0 Å². The number of rotatable bonds is 5. The summed E-state index contributed by atoms with van der Waals surface area (Å²) in [5.41, 5.74) is 0. The van der Waals surface area contributed by atoms with E-state index in [9.17, 15) is 22.8 Å². The minimum Gasteiger partial charge on any atom is -0.481 e. The maximum absolute atomic E-state index is 12.2. The van der Waals surface area contributed by atoms with E-state index in [1.807, 2.05) is 0 Å². The Hall–Kier alpha value is -1.64. The average Bonchev–Trinajstić information content (AvgIpc) is 2.45. The third-order valence-electron chi connectivity index (χ3n) is 4.17. The number of carboxylic acids is 1. The fourth-order valence-corrected chi connectivity index (χ4v) is 3.26. The van der Waals surface area contributed by atoms with Crippen LogP contribution in [0, 0.1) is 5.92 Å². The van der Waals surface area contributed by atoms with E-state index in [1.165, 1.54) is 32.7 Å². The highest BCUT2D eigenvalue weighted by Gasteiger charge is 2.33. The van der Waals surface area contributed by atoms with Crippen LogP contribution in [0.5, 0.6) is 0 Å². The molecule has 0 aromatic rings. The van der Waals surface area contributed by atoms with Crippen LogP contribution in [-0.4, -0.2) is 78.3 Å². The van der Waals surface area contributed by atoms with Crippen LogP contribution in [0.25, 0.3) is 0 Å². The molecule has 0 bridgehead atoms. The Kier molecular flexibility index (Phi) is 6.38. The SMILES string of the molecule is CN(CC(=O)N1CCCC(C(=O)O)C1)C(=O)CS(=O)(=O)C(C)(C)C. The van der Waals surface area contributed by atoms with Crippen molar-refractivity contribution in [3.63, 3.8) is 0 Å². The van der Waals surface area contributed by atoms with Crippen LogP contribution in [0.2, 0.25) is 0 Å². The van der Waals surface area contributed by atoms with Gasteiger partial charge in [0, 0.05) is 20.1 Å². The first-order valence-electron chi connectivity index (χ1n) is 7.82. The second-order valence-corrected chi connectivity index (χ2v) is 9.88. The van der Waals surface area contributed by atoms with Gasteiger partial charge in [0.15, 0.2) is 9.84 Å². The lowest BCUT2D eigenvalue weighted by Gasteiger charge is -2.32. The third-order valence-corrected chi connectivity index (χ3v) is 6.66. The molecule has 1 fully saturated rings. The number of piperidine rings is 1. The molecule has 0 spiro atoms. The first-order valence-corrected chi connectivity index (χ1v) is 9.47. The van der Waals surface area contributed by atoms with Crippen molar-refractivity contribution in [2.75, 3.05) is 32.4 Å². The van der Waals surface area contributed by atoms with Gasteiger partial charge in [0.2, 0.25) is 11.8 Å². The lowest BCUT2D eigenvalue weighted by molar-refractivity contribution is -0.147. The normalized spacial score (nSPS) is 19.0. The number of likely N-dealkylation sites (N-methyl/N-ethyl adjacent to an activating group) is 1. The van der Waals surface area contributed by atoms with Crippen LogP contribution in [0.1, 0.15) is 33.6 Å². The largest absolute Gasteiger partial charge is 0.481 e. The zero-order valence-electron chi connectivity index (χ0n) is 14.6. The van der Waals surface area contributed by atoms with E-state index in [0.29, 0.717) is 19.4 Å². The van der Waals surface area contributed by atoms with Crippen LogP contribution >= 0.6 is 0 Å². The fourth-order valence-electron chi connectivity index (χ4n) is 2.29. The van der Waals surface area contributed by atoms with Gasteiger partial charge in [0.1, 0.15) is 5.75 Å². The van der Waals surface area contributed by atoms with Crippen molar-refractivity contribution in [2.45, 2.75) is 38.4 Å². The lowest BCUT2D eigenvalue weighted by atomic mass is 9.98. The van der Waals surface area contributed by atoms with E-state index in [-0.39, 0.29) is 19.0 Å². The van der Waals surface area contributed by atoms with Crippen LogP contribution in [0.15, 0.2) is 0 Å². The number of hydrogen-bond donors (Lipinski definition) is 1. The Balaban J connectivity index is 2.63. The minimum atomic E-state index is -3.62. The molecule has 1 rings (SSSR count). The quantitative estimate of drug-likeness (QED) is 0.736. The topological polar surface area (TPSA) is 112 Å². The summed E-state index contributed by atoms with van der Waals surface area (Å²) in [5.74, 6) is -3.20. The van der Waals surface area contributed by atoms with Gasteiger partial charge in [0.05, 0.1) is 17.2 Å². The second kappa shape index (κ2) is 7.50. The number of aliphatic carboxylic acids is 1. The molecule has 0 aromatic carbocycles. The van der Waals surface area contributed by atoms with E-state index < -0.39 is 38.1 Å². The van der Waals surface area contributed by atoms with Crippen LogP contribution in [0.3, 0.4) is 0 Å². The molecular weight excluding hydrogens is 336 g/mol. The van der Waals surface area contributed by atoms with Gasteiger partial charge < -0.3 is 14.9 Å². The summed E-state index contributed by atoms with van der Waals surface area (Å²) in [5, 5.41) is 9.04. The van der Waals surface area contributed by atoms with Gasteiger partial charge in [-0.05, 0) is 33.6 Å². The zero-order chi connectivity index (χ0) is 18.7. The number of carbonyl (C=O) groups excluding carboxylic acids is 2. The summed E-state index contributed by atoms with van der Waals surface area (Å²) in [6.45, 7) is 4.86. The van der Waals surface area contributed by atoms with Gasteiger partial charge in [-0.3, -0.25) is 14.4 Å². The van der Waals surface area contributed by atoms with Crippen molar-refractivity contribution >= 4 is 27.6 Å². The molecule has 0 radical (unpaired) electrons. The monoisotopic (exact) mass is 362 g/mol. The Morgan fingerprint density at radius 1 is 1.25 bits per heavy atom. The maximum Gasteiger partial charge on any atom is 0.308 e. The van der Waals surface area contributed by atoms with Gasteiger partial charge in [-0.15, -0.1) is 0 Å². The predicted octanol–water partition coefficient (Wildman–Crippen LogP) is -0.0187. The third kappa shape index (κ3) is 5.19. The summed E-state index contributed by atoms with van der Waals surface area (Å²) in [6, 6.07) is 0. The Morgan fingerprint density at radius 3 is 2.33 bits per heavy atom. The highest BCUT2D eigenvalue weighted by Crippen LogP contribution is 2.18. The lowest BCUT2D eigenvalue weighted by Crippen LogP contribution is -2.48. The van der Waals surface area contributed by atoms with Gasteiger partial charge in [-0.25, -0.2) is 8.42 Å². The number of carbonyl (C=O) groups is 3. The summed E-state index contributed by atoms with van der Waals surface area (Å²) >= 11 is 0. The van der Waals surface area contributed by atoms with Crippen molar-refractivity contribution in [1.29, 1.82) is 0 Å². The molecule has 1 saturated heterocycles. The Bertz CT molecular complexity index is 608. The molecule has 1 heterocycles.